The van der Waals surface area contributed by atoms with Gasteiger partial charge in [0.15, 0.2) is 0 Å². The molecule has 1 aromatic carbocycles. The normalized spacial score (nSPS) is 11.9. The Morgan fingerprint density at radius 3 is 2.33 bits per heavy atom. The van der Waals surface area contributed by atoms with Crippen molar-refractivity contribution >= 4 is 12.0 Å². The molecule has 5 heteroatoms. The van der Waals surface area contributed by atoms with E-state index < -0.39 is 12.1 Å². The molecule has 0 fully saturated rings. The maximum absolute atomic E-state index is 12.2. The summed E-state index contributed by atoms with van der Waals surface area (Å²) in [6.45, 7) is 8.21. The molecule has 0 unspecified atom stereocenters. The van der Waals surface area contributed by atoms with Gasteiger partial charge in [0.2, 0.25) is 5.91 Å². The van der Waals surface area contributed by atoms with Gasteiger partial charge in [-0.2, -0.15) is 0 Å². The van der Waals surface area contributed by atoms with Crippen LogP contribution in [0.15, 0.2) is 24.3 Å². The zero-order chi connectivity index (χ0) is 15.8. The highest BCUT2D eigenvalue weighted by Crippen LogP contribution is 2.05. The van der Waals surface area contributed by atoms with E-state index in [1.807, 2.05) is 45.0 Å². The van der Waals surface area contributed by atoms with Gasteiger partial charge in [0.1, 0.15) is 6.04 Å². The molecule has 1 atom stereocenters. The molecule has 2 N–H and O–H groups in total. The van der Waals surface area contributed by atoms with Gasteiger partial charge >= 0.3 is 6.09 Å². The minimum Gasteiger partial charge on any atom is -0.450 e. The van der Waals surface area contributed by atoms with Gasteiger partial charge in [-0.1, -0.05) is 43.7 Å². The van der Waals surface area contributed by atoms with Gasteiger partial charge in [-0.25, -0.2) is 4.79 Å². The summed E-state index contributed by atoms with van der Waals surface area (Å²) >= 11 is 0. The number of carbonyl (C=O) groups excluding carboxylic acids is 2. The molecule has 0 heterocycles. The van der Waals surface area contributed by atoms with Crippen LogP contribution in [0.2, 0.25) is 0 Å². The minimum absolute atomic E-state index is 0.0209. The number of amides is 2. The van der Waals surface area contributed by atoms with Crippen LogP contribution in [0.3, 0.4) is 0 Å². The Balaban J connectivity index is 2.56. The molecule has 0 saturated heterocycles. The zero-order valence-corrected chi connectivity index (χ0v) is 13.1. The first-order valence-electron chi connectivity index (χ1n) is 7.20. The van der Waals surface area contributed by atoms with Gasteiger partial charge in [0.05, 0.1) is 6.61 Å². The van der Waals surface area contributed by atoms with E-state index in [0.29, 0.717) is 6.54 Å². The highest BCUT2D eigenvalue weighted by Gasteiger charge is 2.24. The number of hydrogen-bond donors (Lipinski definition) is 2. The van der Waals surface area contributed by atoms with E-state index in [1.165, 1.54) is 5.56 Å². The third-order valence-corrected chi connectivity index (χ3v) is 3.09. The molecule has 0 saturated carbocycles. The maximum atomic E-state index is 12.2. The van der Waals surface area contributed by atoms with E-state index in [0.717, 1.165) is 5.56 Å². The summed E-state index contributed by atoms with van der Waals surface area (Å²) in [7, 11) is 0. The number of hydrogen-bond acceptors (Lipinski definition) is 3. The van der Waals surface area contributed by atoms with Gasteiger partial charge in [0.25, 0.3) is 0 Å². The fraction of sp³-hybridized carbons (Fsp3) is 0.500. The smallest absolute Gasteiger partial charge is 0.407 e. The van der Waals surface area contributed by atoms with Crippen molar-refractivity contribution in [2.75, 3.05) is 6.61 Å². The Kier molecular flexibility index (Phi) is 6.72. The molecular formula is C16H24N2O3. The van der Waals surface area contributed by atoms with Crippen molar-refractivity contribution in [1.29, 1.82) is 0 Å². The third-order valence-electron chi connectivity index (χ3n) is 3.09. The molecule has 0 aliphatic heterocycles. The number of ether oxygens (including phenoxy) is 1. The molecular weight excluding hydrogens is 268 g/mol. The van der Waals surface area contributed by atoms with Crippen molar-refractivity contribution in [1.82, 2.24) is 10.6 Å². The summed E-state index contributed by atoms with van der Waals surface area (Å²) in [5, 5.41) is 5.43. The Hall–Kier alpha value is -2.04. The number of alkyl carbamates (subject to hydrolysis) is 1. The lowest BCUT2D eigenvalue weighted by Gasteiger charge is -2.21. The number of aryl methyl sites for hydroxylation is 1. The van der Waals surface area contributed by atoms with Crippen LogP contribution in [0.5, 0.6) is 0 Å². The average molecular weight is 292 g/mol. The molecule has 1 aromatic rings. The Bertz CT molecular complexity index is 469. The molecule has 116 valence electrons. The predicted molar refractivity (Wildman–Crippen MR) is 81.8 cm³/mol. The minimum atomic E-state index is -0.602. The maximum Gasteiger partial charge on any atom is 0.407 e. The molecule has 5 nitrogen and oxygen atoms in total. The van der Waals surface area contributed by atoms with Gasteiger partial charge < -0.3 is 15.4 Å². The predicted octanol–water partition coefficient (Wildman–Crippen LogP) is 2.38. The van der Waals surface area contributed by atoms with Crippen LogP contribution >= 0.6 is 0 Å². The summed E-state index contributed by atoms with van der Waals surface area (Å²) in [5.41, 5.74) is 2.20. The largest absolute Gasteiger partial charge is 0.450 e. The summed E-state index contributed by atoms with van der Waals surface area (Å²) in [6, 6.07) is 7.34. The van der Waals surface area contributed by atoms with Gasteiger partial charge in [-0.05, 0) is 25.3 Å². The Morgan fingerprint density at radius 1 is 1.19 bits per heavy atom. The van der Waals surface area contributed by atoms with Crippen molar-refractivity contribution < 1.29 is 14.3 Å². The van der Waals surface area contributed by atoms with E-state index in [9.17, 15) is 9.59 Å². The highest BCUT2D eigenvalue weighted by atomic mass is 16.5. The first kappa shape index (κ1) is 17.0. The lowest BCUT2D eigenvalue weighted by molar-refractivity contribution is -0.124. The van der Waals surface area contributed by atoms with Crippen molar-refractivity contribution in [3.63, 3.8) is 0 Å². The summed E-state index contributed by atoms with van der Waals surface area (Å²) in [4.78, 5) is 23.6. The van der Waals surface area contributed by atoms with Gasteiger partial charge in [0, 0.05) is 6.54 Å². The Labute approximate surface area is 126 Å². The highest BCUT2D eigenvalue weighted by molar-refractivity contribution is 5.85. The summed E-state index contributed by atoms with van der Waals surface area (Å²) in [5.74, 6) is -0.231. The van der Waals surface area contributed by atoms with Crippen LogP contribution in [0.4, 0.5) is 4.79 Å². The third kappa shape index (κ3) is 5.85. The molecule has 0 spiro atoms. The van der Waals surface area contributed by atoms with E-state index in [4.69, 9.17) is 4.74 Å². The van der Waals surface area contributed by atoms with Crippen molar-refractivity contribution in [3.8, 4) is 0 Å². The summed E-state index contributed by atoms with van der Waals surface area (Å²) in [6.07, 6.45) is -0.568. The molecule has 0 radical (unpaired) electrons. The molecule has 0 bridgehead atoms. The second kappa shape index (κ2) is 8.29. The van der Waals surface area contributed by atoms with Crippen LogP contribution in [-0.2, 0) is 16.1 Å². The van der Waals surface area contributed by atoms with E-state index in [2.05, 4.69) is 10.6 Å². The SMILES string of the molecule is CCOC(=O)N[C@H](C(=O)NCc1ccc(C)cc1)C(C)C. The zero-order valence-electron chi connectivity index (χ0n) is 13.1. The molecule has 0 aromatic heterocycles. The van der Waals surface area contributed by atoms with Crippen molar-refractivity contribution in [3.05, 3.63) is 35.4 Å². The number of benzene rings is 1. The topological polar surface area (TPSA) is 67.4 Å². The first-order chi connectivity index (χ1) is 9.93. The number of nitrogens with one attached hydrogen (secondary N) is 2. The first-order valence-corrected chi connectivity index (χ1v) is 7.20. The van der Waals surface area contributed by atoms with Crippen molar-refractivity contribution in [2.45, 2.75) is 40.3 Å². The van der Waals surface area contributed by atoms with Crippen LogP contribution in [0, 0.1) is 12.8 Å². The fourth-order valence-corrected chi connectivity index (χ4v) is 1.84. The van der Waals surface area contributed by atoms with E-state index in [1.54, 1.807) is 6.92 Å². The quantitative estimate of drug-likeness (QED) is 0.846. The molecule has 2 amide bonds. The molecule has 1 rings (SSSR count). The second-order valence-corrected chi connectivity index (χ2v) is 5.29. The van der Waals surface area contributed by atoms with Gasteiger partial charge in [-0.3, -0.25) is 4.79 Å². The summed E-state index contributed by atoms with van der Waals surface area (Å²) < 4.78 is 4.82. The van der Waals surface area contributed by atoms with E-state index in [-0.39, 0.29) is 18.4 Å². The van der Waals surface area contributed by atoms with Gasteiger partial charge in [-0.15, -0.1) is 0 Å². The van der Waals surface area contributed by atoms with Crippen LogP contribution in [-0.4, -0.2) is 24.6 Å². The molecule has 21 heavy (non-hydrogen) atoms. The lowest BCUT2D eigenvalue weighted by Crippen LogP contribution is -2.49. The Morgan fingerprint density at radius 2 is 1.81 bits per heavy atom. The average Bonchev–Trinajstić information content (AvgIpc) is 2.44. The number of rotatable bonds is 6. The van der Waals surface area contributed by atoms with E-state index >= 15 is 0 Å². The van der Waals surface area contributed by atoms with Crippen LogP contribution < -0.4 is 10.6 Å². The molecule has 0 aliphatic carbocycles. The van der Waals surface area contributed by atoms with Crippen LogP contribution in [0.25, 0.3) is 0 Å². The van der Waals surface area contributed by atoms with Crippen LogP contribution in [0.1, 0.15) is 31.9 Å². The molecule has 0 aliphatic rings. The standard InChI is InChI=1S/C16H24N2O3/c1-5-21-16(20)18-14(11(2)3)15(19)17-10-13-8-6-12(4)7-9-13/h6-9,11,14H,5,10H2,1-4H3,(H,17,19)(H,18,20)/t14-/m0/s1. The fourth-order valence-electron chi connectivity index (χ4n) is 1.84. The van der Waals surface area contributed by atoms with Crippen molar-refractivity contribution in [2.24, 2.45) is 5.92 Å². The monoisotopic (exact) mass is 292 g/mol. The number of carbonyl (C=O) groups is 2. The lowest BCUT2D eigenvalue weighted by atomic mass is 10.0. The second-order valence-electron chi connectivity index (χ2n) is 5.29.